The van der Waals surface area contributed by atoms with Crippen molar-refractivity contribution >= 4 is 53.9 Å². The number of carbonyl (C=O) groups is 1. The highest BCUT2D eigenvalue weighted by molar-refractivity contribution is 7.90. The normalized spacial score (nSPS) is 14.1. The maximum absolute atomic E-state index is 14.0. The van der Waals surface area contributed by atoms with E-state index in [4.69, 9.17) is 15.5 Å². The SMILES string of the molecule is Cc1c(-c2cc(C(=O)NS(=O)(=O)c3cccc(N)c3)c3c(O[C@H](C)C4=CCCC=C4)ccc(C)c3n2)sc2ccccc12. The van der Waals surface area contributed by atoms with Crippen molar-refractivity contribution in [2.45, 2.75) is 44.6 Å². The number of pyridine rings is 1. The fourth-order valence-corrected chi connectivity index (χ4v) is 7.56. The van der Waals surface area contributed by atoms with Crippen LogP contribution in [0.1, 0.15) is 41.3 Å². The summed E-state index contributed by atoms with van der Waals surface area (Å²) in [4.78, 5) is 19.9. The predicted octanol–water partition coefficient (Wildman–Crippen LogP) is 7.48. The Labute approximate surface area is 254 Å². The van der Waals surface area contributed by atoms with E-state index < -0.39 is 15.9 Å². The van der Waals surface area contributed by atoms with Crippen LogP contribution in [0.25, 0.3) is 31.6 Å². The number of benzene rings is 3. The summed E-state index contributed by atoms with van der Waals surface area (Å²) < 4.78 is 36.5. The van der Waals surface area contributed by atoms with Gasteiger partial charge in [0.2, 0.25) is 0 Å². The van der Waals surface area contributed by atoms with E-state index in [2.05, 4.69) is 35.1 Å². The molecule has 1 amide bonds. The van der Waals surface area contributed by atoms with Gasteiger partial charge in [0.05, 0.1) is 31.9 Å². The van der Waals surface area contributed by atoms with E-state index in [-0.39, 0.29) is 22.3 Å². The largest absolute Gasteiger partial charge is 0.485 e. The van der Waals surface area contributed by atoms with Crippen molar-refractivity contribution in [2.75, 3.05) is 5.73 Å². The predicted molar refractivity (Wildman–Crippen MR) is 174 cm³/mol. The van der Waals surface area contributed by atoms with E-state index in [1.807, 2.05) is 45.0 Å². The van der Waals surface area contributed by atoms with Crippen molar-refractivity contribution in [2.24, 2.45) is 0 Å². The van der Waals surface area contributed by atoms with E-state index in [1.54, 1.807) is 23.5 Å². The topological polar surface area (TPSA) is 111 Å². The number of allylic oxidation sites excluding steroid dienone is 2. The van der Waals surface area contributed by atoms with Gasteiger partial charge in [-0.1, -0.05) is 48.6 Å². The number of fused-ring (bicyclic) bond motifs is 2. The molecule has 0 aliphatic heterocycles. The Morgan fingerprint density at radius 3 is 2.60 bits per heavy atom. The van der Waals surface area contributed by atoms with Gasteiger partial charge in [0.15, 0.2) is 0 Å². The number of carbonyl (C=O) groups excluding carboxylic acids is 1. The van der Waals surface area contributed by atoms with Gasteiger partial charge in [0.25, 0.3) is 15.9 Å². The van der Waals surface area contributed by atoms with Crippen molar-refractivity contribution in [3.05, 3.63) is 107 Å². The van der Waals surface area contributed by atoms with Gasteiger partial charge in [0.1, 0.15) is 11.9 Å². The number of amides is 1. The molecule has 0 saturated heterocycles. The fraction of sp³-hybridized carbons (Fsp3) is 0.176. The van der Waals surface area contributed by atoms with Crippen LogP contribution in [0.5, 0.6) is 5.75 Å². The molecular formula is C34H31N3O4S2. The highest BCUT2D eigenvalue weighted by Gasteiger charge is 2.26. The van der Waals surface area contributed by atoms with Gasteiger partial charge in [-0.05, 0) is 92.1 Å². The Hall–Kier alpha value is -4.47. The number of sulfonamides is 1. The van der Waals surface area contributed by atoms with Gasteiger partial charge in [-0.15, -0.1) is 11.3 Å². The van der Waals surface area contributed by atoms with Crippen LogP contribution in [0, 0.1) is 13.8 Å². The number of nitrogens with one attached hydrogen (secondary N) is 1. The zero-order chi connectivity index (χ0) is 30.3. The second-order valence-electron chi connectivity index (χ2n) is 10.7. The van der Waals surface area contributed by atoms with Crippen molar-refractivity contribution in [1.82, 2.24) is 9.71 Å². The molecule has 43 heavy (non-hydrogen) atoms. The number of aryl methyl sites for hydroxylation is 2. The van der Waals surface area contributed by atoms with Crippen LogP contribution in [0.15, 0.2) is 95.4 Å². The highest BCUT2D eigenvalue weighted by Crippen LogP contribution is 2.40. The number of thiophene rings is 1. The van der Waals surface area contributed by atoms with Crippen molar-refractivity contribution in [3.63, 3.8) is 0 Å². The first kappa shape index (κ1) is 28.6. The van der Waals surface area contributed by atoms with Gasteiger partial charge < -0.3 is 10.5 Å². The summed E-state index contributed by atoms with van der Waals surface area (Å²) in [6.45, 7) is 5.91. The van der Waals surface area contributed by atoms with Crippen molar-refractivity contribution in [3.8, 4) is 16.3 Å². The maximum Gasteiger partial charge on any atom is 0.265 e. The van der Waals surface area contributed by atoms with Crippen LogP contribution >= 0.6 is 11.3 Å². The average Bonchev–Trinajstić information content (AvgIpc) is 3.34. The Kier molecular flexibility index (Phi) is 7.54. The molecule has 3 N–H and O–H groups in total. The Morgan fingerprint density at radius 2 is 1.86 bits per heavy atom. The molecule has 218 valence electrons. The molecule has 3 aromatic carbocycles. The average molecular weight is 610 g/mol. The first-order chi connectivity index (χ1) is 20.6. The lowest BCUT2D eigenvalue weighted by Crippen LogP contribution is -2.31. The molecule has 1 aliphatic rings. The van der Waals surface area contributed by atoms with Crippen LogP contribution in [0.2, 0.25) is 0 Å². The number of nitrogens with zero attached hydrogens (tertiary/aromatic N) is 1. The van der Waals surface area contributed by atoms with Crippen molar-refractivity contribution < 1.29 is 17.9 Å². The monoisotopic (exact) mass is 609 g/mol. The number of ether oxygens (including phenoxy) is 1. The number of hydrogen-bond donors (Lipinski definition) is 2. The third-order valence-electron chi connectivity index (χ3n) is 7.64. The van der Waals surface area contributed by atoms with Gasteiger partial charge in [-0.3, -0.25) is 4.79 Å². The number of rotatable bonds is 7. The summed E-state index contributed by atoms with van der Waals surface area (Å²) in [6, 6.07) is 19.3. The minimum atomic E-state index is -4.22. The van der Waals surface area contributed by atoms with E-state index in [0.717, 1.165) is 44.5 Å². The number of anilines is 1. The van der Waals surface area contributed by atoms with Gasteiger partial charge in [-0.25, -0.2) is 18.1 Å². The lowest BCUT2D eigenvalue weighted by molar-refractivity contribution is 0.0982. The fourth-order valence-electron chi connectivity index (χ4n) is 5.37. The van der Waals surface area contributed by atoms with Crippen molar-refractivity contribution in [1.29, 1.82) is 0 Å². The Bertz CT molecular complexity index is 2080. The van der Waals surface area contributed by atoms with Gasteiger partial charge >= 0.3 is 0 Å². The molecule has 0 radical (unpaired) electrons. The van der Waals surface area contributed by atoms with Crippen LogP contribution in [0.4, 0.5) is 5.69 Å². The number of hydrogen-bond acceptors (Lipinski definition) is 7. The smallest absolute Gasteiger partial charge is 0.265 e. The number of nitrogen functional groups attached to an aromatic ring is 1. The zero-order valence-corrected chi connectivity index (χ0v) is 25.7. The first-order valence-electron chi connectivity index (χ1n) is 14.0. The highest BCUT2D eigenvalue weighted by atomic mass is 32.2. The number of nitrogens with two attached hydrogens (primary N) is 1. The van der Waals surface area contributed by atoms with Crippen LogP contribution < -0.4 is 15.2 Å². The molecule has 0 saturated carbocycles. The third-order valence-corrected chi connectivity index (χ3v) is 10.3. The molecule has 6 rings (SSSR count). The minimum absolute atomic E-state index is 0.0999. The van der Waals surface area contributed by atoms with E-state index in [9.17, 15) is 13.2 Å². The molecule has 2 heterocycles. The molecule has 5 aromatic rings. The van der Waals surface area contributed by atoms with E-state index in [0.29, 0.717) is 22.3 Å². The third kappa shape index (κ3) is 5.53. The quantitative estimate of drug-likeness (QED) is 0.185. The molecule has 0 bridgehead atoms. The summed E-state index contributed by atoms with van der Waals surface area (Å²) in [5.74, 6) is -0.332. The number of aromatic nitrogens is 1. The van der Waals surface area contributed by atoms with Gasteiger partial charge in [-0.2, -0.15) is 0 Å². The summed E-state index contributed by atoms with van der Waals surface area (Å²) in [5.41, 5.74) is 10.3. The summed E-state index contributed by atoms with van der Waals surface area (Å²) in [7, 11) is -4.22. The lowest BCUT2D eigenvalue weighted by Gasteiger charge is -2.21. The molecule has 7 nitrogen and oxygen atoms in total. The molecule has 0 spiro atoms. The van der Waals surface area contributed by atoms with Crippen LogP contribution in [-0.2, 0) is 10.0 Å². The maximum atomic E-state index is 14.0. The zero-order valence-electron chi connectivity index (χ0n) is 24.0. The van der Waals surface area contributed by atoms with E-state index >= 15 is 0 Å². The molecule has 9 heteroatoms. The van der Waals surface area contributed by atoms with Gasteiger partial charge in [0, 0.05) is 10.4 Å². The minimum Gasteiger partial charge on any atom is -0.485 e. The summed E-state index contributed by atoms with van der Waals surface area (Å²) in [5, 5.41) is 1.56. The summed E-state index contributed by atoms with van der Waals surface area (Å²) >= 11 is 1.58. The Balaban J connectivity index is 1.53. The molecular weight excluding hydrogens is 579 g/mol. The second-order valence-corrected chi connectivity index (χ2v) is 13.4. The Morgan fingerprint density at radius 1 is 1.05 bits per heavy atom. The second kappa shape index (κ2) is 11.3. The summed E-state index contributed by atoms with van der Waals surface area (Å²) in [6.07, 6.45) is 7.94. The van der Waals surface area contributed by atoms with Crippen LogP contribution in [-0.4, -0.2) is 25.4 Å². The molecule has 1 atom stereocenters. The molecule has 0 unspecified atom stereocenters. The molecule has 0 fully saturated rings. The first-order valence-corrected chi connectivity index (χ1v) is 16.3. The molecule has 2 aromatic heterocycles. The van der Waals surface area contributed by atoms with E-state index in [1.165, 1.54) is 18.2 Å². The van der Waals surface area contributed by atoms with Crippen LogP contribution in [0.3, 0.4) is 0 Å². The standard InChI is InChI=1S/C34H31N3O4S2/c1-20-16-17-29(41-22(3)23-10-5-4-6-11-23)31-27(34(38)37-43(39,40)25-13-9-12-24(35)18-25)19-28(36-32(20)31)33-21(2)26-14-7-8-15-30(26)42-33/h5,7-19,22H,4,6,35H2,1-3H3,(H,37,38)/t22-/m1/s1. The lowest BCUT2D eigenvalue weighted by atomic mass is 10.0. The molecule has 1 aliphatic carbocycles.